The zero-order chi connectivity index (χ0) is 19.2. The van der Waals surface area contributed by atoms with Crippen LogP contribution in [0.25, 0.3) is 10.9 Å². The molecule has 2 amide bonds. The Morgan fingerprint density at radius 1 is 1.11 bits per heavy atom. The number of para-hydroxylation sites is 2. The largest absolute Gasteiger partial charge is 0.339 e. The standard InChI is InChI=1S/C20H23N5O2.ClH/c1-3-21-12-14-8-4-6-10-16(14)23-19(26)13(2)22-20(27)18-15-9-5-7-11-17(15)24-25-18;/h4-11,13,21H,3,12H2,1-2H3,(H,22,27)(H,23,26)(H,24,25);1H. The molecule has 2 aromatic carbocycles. The van der Waals surface area contributed by atoms with Crippen LogP contribution < -0.4 is 16.0 Å². The molecule has 28 heavy (non-hydrogen) atoms. The molecule has 0 saturated carbocycles. The molecule has 7 nitrogen and oxygen atoms in total. The smallest absolute Gasteiger partial charge is 0.273 e. The fraction of sp³-hybridized carbons (Fsp3) is 0.250. The molecule has 3 aromatic rings. The van der Waals surface area contributed by atoms with E-state index in [1.807, 2.05) is 55.5 Å². The molecule has 8 heteroatoms. The summed E-state index contributed by atoms with van der Waals surface area (Å²) in [6, 6.07) is 14.2. The van der Waals surface area contributed by atoms with Crippen molar-refractivity contribution in [2.24, 2.45) is 0 Å². The number of aromatic amines is 1. The van der Waals surface area contributed by atoms with E-state index in [-0.39, 0.29) is 24.0 Å². The number of rotatable bonds is 7. The van der Waals surface area contributed by atoms with Crippen molar-refractivity contribution >= 4 is 40.8 Å². The van der Waals surface area contributed by atoms with Gasteiger partial charge in [-0.3, -0.25) is 14.7 Å². The molecule has 0 bridgehead atoms. The van der Waals surface area contributed by atoms with E-state index in [0.29, 0.717) is 6.54 Å². The summed E-state index contributed by atoms with van der Waals surface area (Å²) in [4.78, 5) is 25.0. The van der Waals surface area contributed by atoms with Crippen molar-refractivity contribution in [3.63, 3.8) is 0 Å². The van der Waals surface area contributed by atoms with Crippen LogP contribution in [0.5, 0.6) is 0 Å². The van der Waals surface area contributed by atoms with Gasteiger partial charge in [-0.05, 0) is 31.2 Å². The first kappa shape index (κ1) is 21.4. The van der Waals surface area contributed by atoms with Gasteiger partial charge in [0.15, 0.2) is 5.69 Å². The van der Waals surface area contributed by atoms with Crippen LogP contribution in [0.2, 0.25) is 0 Å². The first-order valence-electron chi connectivity index (χ1n) is 8.93. The van der Waals surface area contributed by atoms with E-state index in [4.69, 9.17) is 0 Å². The van der Waals surface area contributed by atoms with Gasteiger partial charge in [0.1, 0.15) is 6.04 Å². The highest BCUT2D eigenvalue weighted by Crippen LogP contribution is 2.16. The quantitative estimate of drug-likeness (QED) is 0.489. The lowest BCUT2D eigenvalue weighted by Gasteiger charge is -2.16. The molecule has 0 fully saturated rings. The number of nitrogens with one attached hydrogen (secondary N) is 4. The molecular formula is C20H24ClN5O2. The van der Waals surface area contributed by atoms with Crippen LogP contribution >= 0.6 is 12.4 Å². The first-order chi connectivity index (χ1) is 13.1. The van der Waals surface area contributed by atoms with Crippen molar-refractivity contribution in [1.29, 1.82) is 0 Å². The third-order valence-corrected chi connectivity index (χ3v) is 4.27. The van der Waals surface area contributed by atoms with Gasteiger partial charge in [-0.25, -0.2) is 0 Å². The van der Waals surface area contributed by atoms with Gasteiger partial charge in [-0.15, -0.1) is 12.4 Å². The highest BCUT2D eigenvalue weighted by Gasteiger charge is 2.20. The second-order valence-corrected chi connectivity index (χ2v) is 6.24. The summed E-state index contributed by atoms with van der Waals surface area (Å²) in [5, 5.41) is 16.4. The van der Waals surface area contributed by atoms with Crippen LogP contribution in [0, 0.1) is 0 Å². The van der Waals surface area contributed by atoms with Crippen LogP contribution in [0.1, 0.15) is 29.9 Å². The van der Waals surface area contributed by atoms with Gasteiger partial charge in [-0.2, -0.15) is 5.10 Å². The molecular weight excluding hydrogens is 378 g/mol. The fourth-order valence-corrected chi connectivity index (χ4v) is 2.76. The molecule has 0 spiro atoms. The zero-order valence-electron chi connectivity index (χ0n) is 15.8. The van der Waals surface area contributed by atoms with E-state index in [2.05, 4.69) is 26.1 Å². The third kappa shape index (κ3) is 4.88. The normalized spacial score (nSPS) is 11.5. The Morgan fingerprint density at radius 3 is 2.61 bits per heavy atom. The van der Waals surface area contributed by atoms with Crippen LogP contribution in [0.15, 0.2) is 48.5 Å². The fourth-order valence-electron chi connectivity index (χ4n) is 2.76. The van der Waals surface area contributed by atoms with Gasteiger partial charge >= 0.3 is 0 Å². The van der Waals surface area contributed by atoms with E-state index in [0.717, 1.165) is 28.7 Å². The summed E-state index contributed by atoms with van der Waals surface area (Å²) in [7, 11) is 0. The van der Waals surface area contributed by atoms with E-state index in [9.17, 15) is 9.59 Å². The number of halogens is 1. The second kappa shape index (κ2) is 9.87. The number of nitrogens with zero attached hydrogens (tertiary/aromatic N) is 1. The maximum Gasteiger partial charge on any atom is 0.273 e. The molecule has 0 aliphatic heterocycles. The van der Waals surface area contributed by atoms with Crippen molar-refractivity contribution in [3.05, 3.63) is 59.8 Å². The molecule has 1 aromatic heterocycles. The molecule has 1 atom stereocenters. The van der Waals surface area contributed by atoms with E-state index >= 15 is 0 Å². The lowest BCUT2D eigenvalue weighted by atomic mass is 10.1. The maximum absolute atomic E-state index is 12.5. The minimum atomic E-state index is -0.708. The highest BCUT2D eigenvalue weighted by molar-refractivity contribution is 6.07. The highest BCUT2D eigenvalue weighted by atomic mass is 35.5. The van der Waals surface area contributed by atoms with Gasteiger partial charge in [0.2, 0.25) is 5.91 Å². The number of H-pyrrole nitrogens is 1. The van der Waals surface area contributed by atoms with Crippen LogP contribution in [-0.4, -0.2) is 34.6 Å². The van der Waals surface area contributed by atoms with Crippen molar-refractivity contribution < 1.29 is 9.59 Å². The SMILES string of the molecule is CCNCc1ccccc1NC(=O)C(C)NC(=O)c1n[nH]c2ccccc12.Cl. The number of aromatic nitrogens is 2. The van der Waals surface area contributed by atoms with Crippen LogP contribution in [0.4, 0.5) is 5.69 Å². The van der Waals surface area contributed by atoms with Gasteiger partial charge in [0.25, 0.3) is 5.91 Å². The third-order valence-electron chi connectivity index (χ3n) is 4.27. The number of amides is 2. The molecule has 148 valence electrons. The Morgan fingerprint density at radius 2 is 1.82 bits per heavy atom. The molecule has 0 aliphatic carbocycles. The lowest BCUT2D eigenvalue weighted by molar-refractivity contribution is -0.117. The number of hydrogen-bond donors (Lipinski definition) is 4. The topological polar surface area (TPSA) is 98.9 Å². The van der Waals surface area contributed by atoms with Crippen molar-refractivity contribution in [3.8, 4) is 0 Å². The molecule has 3 rings (SSSR count). The molecule has 0 radical (unpaired) electrons. The number of carbonyl (C=O) groups is 2. The minimum Gasteiger partial charge on any atom is -0.339 e. The molecule has 1 unspecified atom stereocenters. The van der Waals surface area contributed by atoms with Crippen LogP contribution in [0.3, 0.4) is 0 Å². The Balaban J connectivity index is 0.00000280. The summed E-state index contributed by atoms with van der Waals surface area (Å²) in [5.41, 5.74) is 2.77. The molecule has 0 saturated heterocycles. The Hall–Kier alpha value is -2.90. The zero-order valence-corrected chi connectivity index (χ0v) is 16.6. The van der Waals surface area contributed by atoms with Crippen LogP contribution in [-0.2, 0) is 11.3 Å². The number of hydrogen-bond acceptors (Lipinski definition) is 4. The Bertz CT molecular complexity index is 956. The van der Waals surface area contributed by atoms with E-state index in [1.54, 1.807) is 6.92 Å². The monoisotopic (exact) mass is 401 g/mol. The summed E-state index contributed by atoms with van der Waals surface area (Å²) >= 11 is 0. The number of carbonyl (C=O) groups excluding carboxylic acids is 2. The number of anilines is 1. The van der Waals surface area contributed by atoms with Gasteiger partial charge < -0.3 is 16.0 Å². The summed E-state index contributed by atoms with van der Waals surface area (Å²) in [6.45, 7) is 5.17. The average Bonchev–Trinajstić information content (AvgIpc) is 3.11. The summed E-state index contributed by atoms with van der Waals surface area (Å²) in [6.07, 6.45) is 0. The number of fused-ring (bicyclic) bond motifs is 1. The summed E-state index contributed by atoms with van der Waals surface area (Å²) in [5.74, 6) is -0.678. The van der Waals surface area contributed by atoms with Gasteiger partial charge in [0, 0.05) is 17.6 Å². The maximum atomic E-state index is 12.5. The molecule has 0 aliphatic rings. The predicted molar refractivity (Wildman–Crippen MR) is 113 cm³/mol. The van der Waals surface area contributed by atoms with Crippen molar-refractivity contribution in [2.75, 3.05) is 11.9 Å². The van der Waals surface area contributed by atoms with E-state index < -0.39 is 11.9 Å². The average molecular weight is 402 g/mol. The predicted octanol–water partition coefficient (Wildman–Crippen LogP) is 2.85. The van der Waals surface area contributed by atoms with Crippen molar-refractivity contribution in [2.45, 2.75) is 26.4 Å². The Labute approximate surface area is 169 Å². The lowest BCUT2D eigenvalue weighted by Crippen LogP contribution is -2.42. The van der Waals surface area contributed by atoms with Crippen molar-refractivity contribution in [1.82, 2.24) is 20.8 Å². The van der Waals surface area contributed by atoms with Gasteiger partial charge in [0.05, 0.1) is 5.52 Å². The number of benzene rings is 2. The summed E-state index contributed by atoms with van der Waals surface area (Å²) < 4.78 is 0. The first-order valence-corrected chi connectivity index (χ1v) is 8.93. The minimum absolute atomic E-state index is 0. The second-order valence-electron chi connectivity index (χ2n) is 6.24. The van der Waals surface area contributed by atoms with E-state index in [1.165, 1.54) is 0 Å². The molecule has 1 heterocycles. The molecule has 4 N–H and O–H groups in total. The van der Waals surface area contributed by atoms with Gasteiger partial charge in [-0.1, -0.05) is 43.3 Å². The Kier molecular flexibility index (Phi) is 7.54.